The molecular formula is C13H15BrN4O4. The number of hydrogen-bond acceptors (Lipinski definition) is 6. The van der Waals surface area contributed by atoms with Crippen molar-refractivity contribution in [1.29, 1.82) is 0 Å². The zero-order valence-corrected chi connectivity index (χ0v) is 13.6. The molecule has 2 aromatic heterocycles. The monoisotopic (exact) mass is 370 g/mol. The number of fused-ring (bicyclic) bond motifs is 2. The van der Waals surface area contributed by atoms with Gasteiger partial charge in [-0.05, 0) is 13.8 Å². The fourth-order valence-electron chi connectivity index (χ4n) is 3.06. The van der Waals surface area contributed by atoms with Gasteiger partial charge < -0.3 is 19.2 Å². The Balaban J connectivity index is 1.78. The van der Waals surface area contributed by atoms with Crippen LogP contribution in [0.2, 0.25) is 0 Å². The lowest BCUT2D eigenvalue weighted by atomic mass is 10.1. The fourth-order valence-corrected chi connectivity index (χ4v) is 3.58. The lowest BCUT2D eigenvalue weighted by Crippen LogP contribution is -2.30. The highest BCUT2D eigenvalue weighted by atomic mass is 79.9. The third kappa shape index (κ3) is 2.03. The Morgan fingerprint density at radius 2 is 2.14 bits per heavy atom. The van der Waals surface area contributed by atoms with E-state index in [9.17, 15) is 4.79 Å². The predicted molar refractivity (Wildman–Crippen MR) is 79.7 cm³/mol. The van der Waals surface area contributed by atoms with Crippen molar-refractivity contribution in [2.24, 2.45) is 0 Å². The summed E-state index contributed by atoms with van der Waals surface area (Å²) < 4.78 is 19.7. The average molecular weight is 371 g/mol. The molecule has 2 fully saturated rings. The average Bonchev–Trinajstić information content (AvgIpc) is 3.10. The number of nitrogens with zero attached hydrogens (tertiary/aromatic N) is 3. The van der Waals surface area contributed by atoms with Gasteiger partial charge in [-0.2, -0.15) is 0 Å². The van der Waals surface area contributed by atoms with Crippen molar-refractivity contribution in [3.63, 3.8) is 0 Å². The molecule has 4 heterocycles. The molecule has 2 aliphatic rings. The van der Waals surface area contributed by atoms with E-state index in [-0.39, 0.29) is 29.4 Å². The molecule has 2 aromatic rings. The Labute approximate surface area is 133 Å². The molecule has 0 amide bonds. The Morgan fingerprint density at radius 3 is 2.91 bits per heavy atom. The third-order valence-corrected chi connectivity index (χ3v) is 4.55. The molecule has 4 rings (SSSR count). The maximum Gasteiger partial charge on any atom is 0.278 e. The summed E-state index contributed by atoms with van der Waals surface area (Å²) in [6, 6.07) is 0. The molecule has 0 spiro atoms. The van der Waals surface area contributed by atoms with Gasteiger partial charge in [0, 0.05) is 5.33 Å². The van der Waals surface area contributed by atoms with E-state index in [0.717, 1.165) is 0 Å². The maximum atomic E-state index is 11.8. The first-order valence-corrected chi connectivity index (χ1v) is 8.09. The van der Waals surface area contributed by atoms with Crippen LogP contribution in [0.4, 0.5) is 0 Å². The van der Waals surface area contributed by atoms with Crippen molar-refractivity contribution in [1.82, 2.24) is 19.5 Å². The number of nitrogens with one attached hydrogen (secondary N) is 1. The molecule has 2 aliphatic heterocycles. The van der Waals surface area contributed by atoms with Gasteiger partial charge in [-0.3, -0.25) is 9.36 Å². The van der Waals surface area contributed by atoms with Gasteiger partial charge in [0.15, 0.2) is 23.2 Å². The zero-order chi connectivity index (χ0) is 15.5. The topological polar surface area (TPSA) is 91.3 Å². The quantitative estimate of drug-likeness (QED) is 0.790. The standard InChI is InChI=1S/C13H15BrN4O4/c1-13(2)21-8-6(3-14)20-12(9(8)22-13)18-5-17-7-10(18)15-4-16-11(7)19/h4-6,8-9,12H,3H2,1-2H3,(H,15,16,19)/t6-,8-,9-,12-/m1/s1. The van der Waals surface area contributed by atoms with Crippen molar-refractivity contribution in [3.05, 3.63) is 23.0 Å². The fraction of sp³-hybridized carbons (Fsp3) is 0.615. The van der Waals surface area contributed by atoms with Crippen LogP contribution in [0.25, 0.3) is 11.2 Å². The second kappa shape index (κ2) is 4.85. The molecule has 2 saturated heterocycles. The molecule has 4 atom stereocenters. The van der Waals surface area contributed by atoms with E-state index in [1.807, 2.05) is 13.8 Å². The first-order valence-electron chi connectivity index (χ1n) is 6.97. The van der Waals surface area contributed by atoms with E-state index in [1.165, 1.54) is 6.33 Å². The predicted octanol–water partition coefficient (Wildman–Crippen LogP) is 0.932. The van der Waals surface area contributed by atoms with Crippen LogP contribution < -0.4 is 5.56 Å². The molecular weight excluding hydrogens is 356 g/mol. The summed E-state index contributed by atoms with van der Waals surface area (Å²) in [4.78, 5) is 22.6. The Bertz CT molecular complexity index is 773. The van der Waals surface area contributed by atoms with Crippen molar-refractivity contribution >= 4 is 27.1 Å². The minimum Gasteiger partial charge on any atom is -0.348 e. The van der Waals surface area contributed by atoms with Crippen LogP contribution in [0.3, 0.4) is 0 Å². The van der Waals surface area contributed by atoms with Gasteiger partial charge in [-0.15, -0.1) is 0 Å². The van der Waals surface area contributed by atoms with E-state index >= 15 is 0 Å². The van der Waals surface area contributed by atoms with Gasteiger partial charge in [0.2, 0.25) is 0 Å². The Hall–Kier alpha value is -1.29. The van der Waals surface area contributed by atoms with E-state index < -0.39 is 12.0 Å². The molecule has 0 unspecified atom stereocenters. The summed E-state index contributed by atoms with van der Waals surface area (Å²) in [6.07, 6.45) is 1.87. The van der Waals surface area contributed by atoms with Crippen molar-refractivity contribution in [3.8, 4) is 0 Å². The van der Waals surface area contributed by atoms with Crippen LogP contribution in [0.5, 0.6) is 0 Å². The van der Waals surface area contributed by atoms with Crippen molar-refractivity contribution < 1.29 is 14.2 Å². The van der Waals surface area contributed by atoms with E-state index in [2.05, 4.69) is 30.9 Å². The normalized spacial score (nSPS) is 33.4. The van der Waals surface area contributed by atoms with Crippen molar-refractivity contribution in [2.75, 3.05) is 5.33 Å². The number of halogens is 1. The highest BCUT2D eigenvalue weighted by Gasteiger charge is 2.55. The molecule has 9 heteroatoms. The van der Waals surface area contributed by atoms with Gasteiger partial charge in [0.25, 0.3) is 5.56 Å². The molecule has 0 bridgehead atoms. The van der Waals surface area contributed by atoms with E-state index in [0.29, 0.717) is 11.0 Å². The van der Waals surface area contributed by atoms with Gasteiger partial charge in [0.05, 0.1) is 18.8 Å². The highest BCUT2D eigenvalue weighted by molar-refractivity contribution is 9.09. The minimum atomic E-state index is -0.668. The van der Waals surface area contributed by atoms with Crippen LogP contribution in [0.1, 0.15) is 20.1 Å². The van der Waals surface area contributed by atoms with Crippen LogP contribution in [-0.2, 0) is 14.2 Å². The van der Waals surface area contributed by atoms with Crippen LogP contribution in [-0.4, -0.2) is 48.9 Å². The van der Waals surface area contributed by atoms with Gasteiger partial charge in [-0.25, -0.2) is 9.97 Å². The number of aromatic nitrogens is 4. The third-order valence-electron chi connectivity index (χ3n) is 3.92. The van der Waals surface area contributed by atoms with Crippen LogP contribution in [0.15, 0.2) is 17.4 Å². The number of H-pyrrole nitrogens is 1. The SMILES string of the molecule is CC1(C)O[C@@H]2[C@H](O1)[C@@H](CBr)O[C@H]2n1cnc2c(=O)[nH]cnc21. The smallest absolute Gasteiger partial charge is 0.278 e. The second-order valence-electron chi connectivity index (χ2n) is 5.84. The largest absolute Gasteiger partial charge is 0.348 e. The molecule has 0 aromatic carbocycles. The van der Waals surface area contributed by atoms with Crippen LogP contribution >= 0.6 is 15.9 Å². The van der Waals surface area contributed by atoms with E-state index in [4.69, 9.17) is 14.2 Å². The molecule has 118 valence electrons. The van der Waals surface area contributed by atoms with Gasteiger partial charge >= 0.3 is 0 Å². The van der Waals surface area contributed by atoms with Gasteiger partial charge in [-0.1, -0.05) is 15.9 Å². The van der Waals surface area contributed by atoms with Crippen LogP contribution in [0, 0.1) is 0 Å². The number of ether oxygens (including phenoxy) is 3. The number of imidazole rings is 1. The highest BCUT2D eigenvalue weighted by Crippen LogP contribution is 2.43. The molecule has 8 nitrogen and oxygen atoms in total. The number of aromatic amines is 1. The molecule has 0 saturated carbocycles. The number of rotatable bonds is 2. The first-order chi connectivity index (χ1) is 10.5. The summed E-state index contributed by atoms with van der Waals surface area (Å²) in [5.41, 5.74) is 0.471. The minimum absolute atomic E-state index is 0.142. The zero-order valence-electron chi connectivity index (χ0n) is 12.0. The van der Waals surface area contributed by atoms with Crippen molar-refractivity contribution in [2.45, 2.75) is 44.2 Å². The second-order valence-corrected chi connectivity index (χ2v) is 6.49. The molecule has 0 aliphatic carbocycles. The molecule has 22 heavy (non-hydrogen) atoms. The Kier molecular flexibility index (Phi) is 3.16. The lowest BCUT2D eigenvalue weighted by molar-refractivity contribution is -0.193. The molecule has 0 radical (unpaired) electrons. The summed E-state index contributed by atoms with van der Waals surface area (Å²) in [5.74, 6) is -0.668. The maximum absolute atomic E-state index is 11.8. The summed E-state index contributed by atoms with van der Waals surface area (Å²) >= 11 is 3.45. The number of alkyl halides is 1. The lowest BCUT2D eigenvalue weighted by Gasteiger charge is -2.24. The van der Waals surface area contributed by atoms with E-state index in [1.54, 1.807) is 10.9 Å². The Morgan fingerprint density at radius 1 is 1.36 bits per heavy atom. The first kappa shape index (κ1) is 14.3. The van der Waals surface area contributed by atoms with Gasteiger partial charge in [0.1, 0.15) is 12.2 Å². The summed E-state index contributed by atoms with van der Waals surface area (Å²) in [5, 5.41) is 0.630. The molecule has 1 N–H and O–H groups in total. The number of hydrogen-bond donors (Lipinski definition) is 1. The summed E-state index contributed by atoms with van der Waals surface area (Å²) in [6.45, 7) is 3.76. The summed E-state index contributed by atoms with van der Waals surface area (Å²) in [7, 11) is 0.